The van der Waals surface area contributed by atoms with E-state index in [-0.39, 0.29) is 16.5 Å². The van der Waals surface area contributed by atoms with E-state index >= 15 is 0 Å². The summed E-state index contributed by atoms with van der Waals surface area (Å²) in [6, 6.07) is 11.0. The summed E-state index contributed by atoms with van der Waals surface area (Å²) in [6.07, 6.45) is 4.79. The van der Waals surface area contributed by atoms with Crippen molar-refractivity contribution in [1.82, 2.24) is 18.8 Å². The largest absolute Gasteiger partial charge is 0.494 e. The molecule has 0 spiro atoms. The van der Waals surface area contributed by atoms with Crippen molar-refractivity contribution in [3.8, 4) is 17.0 Å². The van der Waals surface area contributed by atoms with E-state index in [0.717, 1.165) is 35.6 Å². The van der Waals surface area contributed by atoms with Gasteiger partial charge >= 0.3 is 10.3 Å². The predicted molar refractivity (Wildman–Crippen MR) is 155 cm³/mol. The van der Waals surface area contributed by atoms with Crippen molar-refractivity contribution >= 4 is 61.7 Å². The minimum Gasteiger partial charge on any atom is -0.494 e. The van der Waals surface area contributed by atoms with Crippen LogP contribution in [0.25, 0.3) is 22.2 Å². The Labute approximate surface area is 237 Å². The highest BCUT2D eigenvalue weighted by molar-refractivity contribution is 7.84. The van der Waals surface area contributed by atoms with Gasteiger partial charge in [-0.25, -0.2) is 13.9 Å². The van der Waals surface area contributed by atoms with Gasteiger partial charge in [0.2, 0.25) is 5.95 Å². The fourth-order valence-corrected chi connectivity index (χ4v) is 6.06. The van der Waals surface area contributed by atoms with Gasteiger partial charge < -0.3 is 19.9 Å². The number of ether oxygens (including phenoxy) is 1. The molecule has 5 rings (SSSR count). The van der Waals surface area contributed by atoms with E-state index in [2.05, 4.69) is 39.2 Å². The smallest absolute Gasteiger partial charge is 0.363 e. The van der Waals surface area contributed by atoms with Crippen molar-refractivity contribution in [1.29, 1.82) is 0 Å². The third-order valence-electron chi connectivity index (χ3n) is 6.98. The second kappa shape index (κ2) is 10.8. The molecule has 0 aliphatic carbocycles. The topological polar surface area (TPSA) is 113 Å². The number of benzene rings is 2. The number of halogens is 2. The van der Waals surface area contributed by atoms with Crippen LogP contribution in [0, 0.1) is 0 Å². The van der Waals surface area contributed by atoms with Crippen LogP contribution in [-0.2, 0) is 10.3 Å². The Kier molecular flexibility index (Phi) is 7.62. The molecule has 1 aliphatic heterocycles. The zero-order chi connectivity index (χ0) is 27.9. The number of nitrogens with one attached hydrogen (secondary N) is 1. The van der Waals surface area contributed by atoms with Gasteiger partial charge in [0.15, 0.2) is 0 Å². The fraction of sp³-hybridized carbons (Fsp3) is 0.308. The van der Waals surface area contributed by atoms with Crippen molar-refractivity contribution in [2.75, 3.05) is 44.5 Å². The van der Waals surface area contributed by atoms with Crippen molar-refractivity contribution in [3.63, 3.8) is 0 Å². The minimum atomic E-state index is -4.55. The molecule has 206 valence electrons. The zero-order valence-corrected chi connectivity index (χ0v) is 23.9. The lowest BCUT2D eigenvalue weighted by atomic mass is 10.0. The Morgan fingerprint density at radius 1 is 1.13 bits per heavy atom. The van der Waals surface area contributed by atoms with Gasteiger partial charge in [-0.15, -0.1) is 0 Å². The second-order valence-corrected chi connectivity index (χ2v) is 11.6. The maximum absolute atomic E-state index is 12.0. The molecule has 39 heavy (non-hydrogen) atoms. The van der Waals surface area contributed by atoms with Crippen LogP contribution < -0.4 is 15.0 Å². The molecule has 2 aromatic heterocycles. The zero-order valence-electron chi connectivity index (χ0n) is 21.6. The molecule has 0 saturated carbocycles. The van der Waals surface area contributed by atoms with Crippen LogP contribution in [0.3, 0.4) is 0 Å². The standard InChI is InChI=1S/C26H28Cl2N6O4S/c1-32(2)16-8-10-33(11-9-16)23-13-24(38-3)21(12-19(23)27)30-26-29-14-20(28)25(31-26)18-15-34(39(35,36)37)22-7-5-4-6-17(18)22/h4-7,12-16H,8-11H2,1-3H3,(H,29,30,31)(H,35,36,37). The number of aromatic nitrogens is 3. The third kappa shape index (κ3) is 5.50. The van der Waals surface area contributed by atoms with Gasteiger partial charge in [0.05, 0.1) is 45.9 Å². The van der Waals surface area contributed by atoms with Gasteiger partial charge in [-0.3, -0.25) is 4.55 Å². The van der Waals surface area contributed by atoms with E-state index in [1.54, 1.807) is 37.4 Å². The summed E-state index contributed by atoms with van der Waals surface area (Å²) in [6.45, 7) is 1.78. The number of methoxy groups -OCH3 is 1. The van der Waals surface area contributed by atoms with Crippen molar-refractivity contribution in [2.24, 2.45) is 0 Å². The summed E-state index contributed by atoms with van der Waals surface area (Å²) >= 11 is 13.2. The Balaban J connectivity index is 1.48. The molecular weight excluding hydrogens is 563 g/mol. The number of hydrogen-bond donors (Lipinski definition) is 2. The number of hydrogen-bond acceptors (Lipinski definition) is 8. The van der Waals surface area contributed by atoms with Crippen LogP contribution in [0.2, 0.25) is 10.0 Å². The number of piperidine rings is 1. The molecule has 1 aliphatic rings. The number of fused-ring (bicyclic) bond motifs is 1. The first kappa shape index (κ1) is 27.5. The molecule has 3 heterocycles. The summed E-state index contributed by atoms with van der Waals surface area (Å²) in [4.78, 5) is 13.4. The molecule has 2 aromatic carbocycles. The average Bonchev–Trinajstić information content (AvgIpc) is 3.30. The van der Waals surface area contributed by atoms with Crippen LogP contribution in [-0.4, -0.2) is 72.1 Å². The van der Waals surface area contributed by atoms with Crippen LogP contribution in [0.15, 0.2) is 48.8 Å². The van der Waals surface area contributed by atoms with Crippen LogP contribution in [0.4, 0.5) is 17.3 Å². The van der Waals surface area contributed by atoms with Gasteiger partial charge in [0.1, 0.15) is 5.75 Å². The molecule has 0 radical (unpaired) electrons. The Bertz CT molecular complexity index is 1640. The highest BCUT2D eigenvalue weighted by Crippen LogP contribution is 2.40. The summed E-state index contributed by atoms with van der Waals surface area (Å²) in [5.74, 6) is 0.763. The lowest BCUT2D eigenvalue weighted by molar-refractivity contribution is 0.249. The first-order chi connectivity index (χ1) is 18.6. The molecule has 1 saturated heterocycles. The van der Waals surface area contributed by atoms with Crippen LogP contribution >= 0.6 is 23.2 Å². The number of nitrogens with zero attached hydrogens (tertiary/aromatic N) is 5. The quantitative estimate of drug-likeness (QED) is 0.275. The Hall–Kier alpha value is -3.09. The number of rotatable bonds is 7. The number of para-hydroxylation sites is 1. The summed E-state index contributed by atoms with van der Waals surface area (Å²) < 4.78 is 40.1. The van der Waals surface area contributed by atoms with Crippen LogP contribution in [0.5, 0.6) is 5.75 Å². The molecule has 10 nitrogen and oxygen atoms in total. The van der Waals surface area contributed by atoms with Crippen molar-refractivity contribution < 1.29 is 17.7 Å². The highest BCUT2D eigenvalue weighted by atomic mass is 35.5. The molecule has 0 amide bonds. The SMILES string of the molecule is COc1cc(N2CCC(N(C)C)CC2)c(Cl)cc1Nc1ncc(Cl)c(-c2cn(S(=O)(=O)O)c3ccccc23)n1. The Morgan fingerprint density at radius 3 is 2.51 bits per heavy atom. The molecule has 0 bridgehead atoms. The molecule has 2 N–H and O–H groups in total. The summed E-state index contributed by atoms with van der Waals surface area (Å²) in [7, 11) is 1.24. The normalized spacial score (nSPS) is 14.8. The van der Waals surface area contributed by atoms with Crippen molar-refractivity contribution in [2.45, 2.75) is 18.9 Å². The first-order valence-corrected chi connectivity index (χ1v) is 14.4. The minimum absolute atomic E-state index is 0.201. The predicted octanol–water partition coefficient (Wildman–Crippen LogP) is 5.34. The van der Waals surface area contributed by atoms with Gasteiger partial charge in [-0.2, -0.15) is 8.42 Å². The third-order valence-corrected chi connectivity index (χ3v) is 8.36. The molecule has 4 aromatic rings. The van der Waals surface area contributed by atoms with Gasteiger partial charge in [-0.1, -0.05) is 41.4 Å². The highest BCUT2D eigenvalue weighted by Gasteiger charge is 2.24. The van der Waals surface area contributed by atoms with Gasteiger partial charge in [0, 0.05) is 42.3 Å². The summed E-state index contributed by atoms with van der Waals surface area (Å²) in [5.41, 5.74) is 2.45. The second-order valence-electron chi connectivity index (χ2n) is 9.53. The van der Waals surface area contributed by atoms with E-state index in [0.29, 0.717) is 39.1 Å². The van der Waals surface area contributed by atoms with E-state index in [1.807, 2.05) is 6.07 Å². The van der Waals surface area contributed by atoms with E-state index < -0.39 is 10.3 Å². The average molecular weight is 592 g/mol. The van der Waals surface area contributed by atoms with Gasteiger partial charge in [0.25, 0.3) is 0 Å². The monoisotopic (exact) mass is 590 g/mol. The fourth-order valence-electron chi connectivity index (χ4n) is 4.94. The number of anilines is 3. The van der Waals surface area contributed by atoms with Gasteiger partial charge in [-0.05, 0) is 39.1 Å². The Morgan fingerprint density at radius 2 is 1.85 bits per heavy atom. The molecule has 0 atom stereocenters. The molecule has 1 fully saturated rings. The lowest BCUT2D eigenvalue weighted by Gasteiger charge is -2.37. The molecule has 0 unspecified atom stereocenters. The molecular formula is C26H28Cl2N6O4S. The van der Waals surface area contributed by atoms with Crippen LogP contribution in [0.1, 0.15) is 12.8 Å². The van der Waals surface area contributed by atoms with E-state index in [1.165, 1.54) is 12.4 Å². The molecule has 13 heteroatoms. The van der Waals surface area contributed by atoms with E-state index in [4.69, 9.17) is 27.9 Å². The maximum Gasteiger partial charge on any atom is 0.363 e. The first-order valence-electron chi connectivity index (χ1n) is 12.2. The summed E-state index contributed by atoms with van der Waals surface area (Å²) in [5, 5.41) is 4.47. The van der Waals surface area contributed by atoms with E-state index in [9.17, 15) is 13.0 Å². The lowest BCUT2D eigenvalue weighted by Crippen LogP contribution is -2.42. The maximum atomic E-state index is 12.0. The van der Waals surface area contributed by atoms with Crippen molar-refractivity contribution in [3.05, 3.63) is 58.8 Å².